The van der Waals surface area contributed by atoms with Crippen LogP contribution in [0.5, 0.6) is 0 Å². The Balaban J connectivity index is 3.99. The molecule has 3 unspecified atom stereocenters. The number of hydrogen-bond donors (Lipinski definition) is 0. The first kappa shape index (κ1) is 17.6. The molecule has 0 fully saturated rings. The van der Waals surface area contributed by atoms with Gasteiger partial charge in [0.1, 0.15) is 6.17 Å². The standard InChI is InChI=1S/C15H29FO2/c1-5-8-12-18-15(13(4)16)10-9-14(7-3)17-11-6-2/h5,8,13-15H,6-7,9-12H2,1-4H3. The van der Waals surface area contributed by atoms with Crippen LogP contribution in [0.2, 0.25) is 0 Å². The number of hydrogen-bond acceptors (Lipinski definition) is 2. The van der Waals surface area contributed by atoms with Crippen molar-refractivity contribution in [2.45, 2.75) is 71.8 Å². The quantitative estimate of drug-likeness (QED) is 0.516. The van der Waals surface area contributed by atoms with Crippen LogP contribution in [0, 0.1) is 0 Å². The van der Waals surface area contributed by atoms with E-state index in [0.29, 0.717) is 6.61 Å². The summed E-state index contributed by atoms with van der Waals surface area (Å²) in [6.45, 7) is 8.97. The van der Waals surface area contributed by atoms with Crippen LogP contribution < -0.4 is 0 Å². The van der Waals surface area contributed by atoms with Crippen LogP contribution in [0.3, 0.4) is 0 Å². The highest BCUT2D eigenvalue weighted by Crippen LogP contribution is 2.15. The van der Waals surface area contributed by atoms with Crippen LogP contribution in [0.25, 0.3) is 0 Å². The molecule has 0 spiro atoms. The lowest BCUT2D eigenvalue weighted by atomic mass is 10.1. The fourth-order valence-electron chi connectivity index (χ4n) is 1.76. The summed E-state index contributed by atoms with van der Waals surface area (Å²) >= 11 is 0. The summed E-state index contributed by atoms with van der Waals surface area (Å²) in [7, 11) is 0. The number of ether oxygens (including phenoxy) is 2. The number of rotatable bonds is 11. The summed E-state index contributed by atoms with van der Waals surface area (Å²) in [5.74, 6) is 0. The molecule has 0 aliphatic carbocycles. The lowest BCUT2D eigenvalue weighted by Crippen LogP contribution is -2.25. The molecule has 0 saturated carbocycles. The van der Waals surface area contributed by atoms with Crippen molar-refractivity contribution in [2.75, 3.05) is 13.2 Å². The molecule has 3 heteroatoms. The lowest BCUT2D eigenvalue weighted by Gasteiger charge is -2.22. The van der Waals surface area contributed by atoms with Gasteiger partial charge in [-0.1, -0.05) is 26.0 Å². The second-order valence-electron chi connectivity index (χ2n) is 4.60. The Morgan fingerprint density at radius 2 is 1.89 bits per heavy atom. The van der Waals surface area contributed by atoms with Crippen molar-refractivity contribution in [3.05, 3.63) is 12.2 Å². The van der Waals surface area contributed by atoms with Gasteiger partial charge in [0.2, 0.25) is 0 Å². The van der Waals surface area contributed by atoms with Gasteiger partial charge in [-0.05, 0) is 39.5 Å². The van der Waals surface area contributed by atoms with Crippen molar-refractivity contribution in [3.63, 3.8) is 0 Å². The van der Waals surface area contributed by atoms with Crippen molar-refractivity contribution in [1.29, 1.82) is 0 Å². The van der Waals surface area contributed by atoms with E-state index < -0.39 is 6.17 Å². The zero-order chi connectivity index (χ0) is 13.8. The Kier molecular flexibility index (Phi) is 11.4. The van der Waals surface area contributed by atoms with Crippen molar-refractivity contribution in [1.82, 2.24) is 0 Å². The average molecular weight is 260 g/mol. The summed E-state index contributed by atoms with van der Waals surface area (Å²) < 4.78 is 24.6. The largest absolute Gasteiger partial charge is 0.378 e. The van der Waals surface area contributed by atoms with E-state index in [2.05, 4.69) is 13.8 Å². The Bertz CT molecular complexity index is 205. The molecular weight excluding hydrogens is 231 g/mol. The third-order valence-electron chi connectivity index (χ3n) is 2.94. The SMILES string of the molecule is CC=CCOC(CCC(CC)OCCC)C(C)F. The van der Waals surface area contributed by atoms with E-state index in [9.17, 15) is 4.39 Å². The maximum Gasteiger partial charge on any atom is 0.123 e. The maximum atomic E-state index is 13.4. The van der Waals surface area contributed by atoms with Gasteiger partial charge in [0.15, 0.2) is 0 Å². The molecule has 0 aromatic rings. The first-order valence-corrected chi connectivity index (χ1v) is 7.14. The molecular formula is C15H29FO2. The van der Waals surface area contributed by atoms with E-state index in [-0.39, 0.29) is 12.2 Å². The Morgan fingerprint density at radius 3 is 2.39 bits per heavy atom. The normalized spacial score (nSPS) is 16.9. The van der Waals surface area contributed by atoms with Gasteiger partial charge < -0.3 is 9.47 Å². The van der Waals surface area contributed by atoms with Crippen molar-refractivity contribution in [2.24, 2.45) is 0 Å². The molecule has 2 nitrogen and oxygen atoms in total. The Hall–Kier alpha value is -0.410. The molecule has 0 amide bonds. The van der Waals surface area contributed by atoms with Crippen LogP contribution in [0.15, 0.2) is 12.2 Å². The van der Waals surface area contributed by atoms with Gasteiger partial charge in [-0.15, -0.1) is 0 Å². The first-order chi connectivity index (χ1) is 8.65. The molecule has 108 valence electrons. The number of allylic oxidation sites excluding steroid dienone is 1. The van der Waals surface area contributed by atoms with E-state index in [4.69, 9.17) is 9.47 Å². The average Bonchev–Trinajstić information content (AvgIpc) is 2.36. The molecule has 18 heavy (non-hydrogen) atoms. The van der Waals surface area contributed by atoms with Crippen LogP contribution in [-0.2, 0) is 9.47 Å². The first-order valence-electron chi connectivity index (χ1n) is 7.14. The topological polar surface area (TPSA) is 18.5 Å². The summed E-state index contributed by atoms with van der Waals surface area (Å²) in [5, 5.41) is 0. The summed E-state index contributed by atoms with van der Waals surface area (Å²) in [6.07, 6.45) is 6.39. The van der Waals surface area contributed by atoms with Gasteiger partial charge in [-0.25, -0.2) is 4.39 Å². The predicted molar refractivity (Wildman–Crippen MR) is 74.7 cm³/mol. The highest BCUT2D eigenvalue weighted by atomic mass is 19.1. The summed E-state index contributed by atoms with van der Waals surface area (Å²) in [4.78, 5) is 0. The van der Waals surface area contributed by atoms with Crippen molar-refractivity contribution >= 4 is 0 Å². The Labute approximate surface area is 112 Å². The minimum absolute atomic E-state index is 0.233. The molecule has 3 atom stereocenters. The van der Waals surface area contributed by atoms with Crippen LogP contribution in [-0.4, -0.2) is 31.6 Å². The monoisotopic (exact) mass is 260 g/mol. The highest BCUT2D eigenvalue weighted by molar-refractivity contribution is 4.78. The molecule has 0 saturated heterocycles. The van der Waals surface area contributed by atoms with Crippen LogP contribution in [0.1, 0.15) is 53.4 Å². The number of halogens is 1. The smallest absolute Gasteiger partial charge is 0.123 e. The minimum atomic E-state index is -0.932. The van der Waals surface area contributed by atoms with Crippen molar-refractivity contribution in [3.8, 4) is 0 Å². The van der Waals surface area contributed by atoms with Gasteiger partial charge in [0, 0.05) is 6.61 Å². The molecule has 0 aliphatic heterocycles. The van der Waals surface area contributed by atoms with Crippen LogP contribution in [0.4, 0.5) is 4.39 Å². The van der Waals surface area contributed by atoms with Gasteiger partial charge in [0.05, 0.1) is 18.8 Å². The molecule has 0 aliphatic rings. The van der Waals surface area contributed by atoms with Gasteiger partial charge in [0.25, 0.3) is 0 Å². The van der Waals surface area contributed by atoms with Gasteiger partial charge in [-0.2, -0.15) is 0 Å². The molecule has 0 radical (unpaired) electrons. The third kappa shape index (κ3) is 8.65. The molecule has 0 heterocycles. The summed E-state index contributed by atoms with van der Waals surface area (Å²) in [6, 6.07) is 0. The van der Waals surface area contributed by atoms with Gasteiger partial charge in [-0.3, -0.25) is 0 Å². The van der Waals surface area contributed by atoms with E-state index >= 15 is 0 Å². The second-order valence-corrected chi connectivity index (χ2v) is 4.60. The lowest BCUT2D eigenvalue weighted by molar-refractivity contribution is -0.00920. The molecule has 0 N–H and O–H groups in total. The van der Waals surface area contributed by atoms with Gasteiger partial charge >= 0.3 is 0 Å². The van der Waals surface area contributed by atoms with E-state index in [1.54, 1.807) is 6.92 Å². The molecule has 0 aromatic heterocycles. The molecule has 0 bridgehead atoms. The zero-order valence-electron chi connectivity index (χ0n) is 12.3. The number of alkyl halides is 1. The predicted octanol–water partition coefficient (Wildman–Crippen LogP) is 4.29. The molecule has 0 aromatic carbocycles. The van der Waals surface area contributed by atoms with E-state index in [0.717, 1.165) is 32.3 Å². The molecule has 0 rings (SSSR count). The minimum Gasteiger partial charge on any atom is -0.378 e. The zero-order valence-corrected chi connectivity index (χ0v) is 12.3. The maximum absolute atomic E-state index is 13.4. The van der Waals surface area contributed by atoms with Crippen LogP contribution >= 0.6 is 0 Å². The van der Waals surface area contributed by atoms with E-state index in [1.165, 1.54) is 0 Å². The fourth-order valence-corrected chi connectivity index (χ4v) is 1.76. The van der Waals surface area contributed by atoms with Crippen molar-refractivity contribution < 1.29 is 13.9 Å². The fraction of sp³-hybridized carbons (Fsp3) is 0.867. The third-order valence-corrected chi connectivity index (χ3v) is 2.94. The van der Waals surface area contributed by atoms with E-state index in [1.807, 2.05) is 19.1 Å². The highest BCUT2D eigenvalue weighted by Gasteiger charge is 2.18. The second kappa shape index (κ2) is 11.7. The summed E-state index contributed by atoms with van der Waals surface area (Å²) in [5.41, 5.74) is 0. The Morgan fingerprint density at radius 1 is 1.17 bits per heavy atom.